The number of hydrogen-bond acceptors (Lipinski definition) is 4. The van der Waals surface area contributed by atoms with Crippen LogP contribution in [0.5, 0.6) is 0 Å². The van der Waals surface area contributed by atoms with Gasteiger partial charge in [-0.25, -0.2) is 22.7 Å². The highest BCUT2D eigenvalue weighted by molar-refractivity contribution is 5.78. The molecule has 2 heterocycles. The lowest BCUT2D eigenvalue weighted by atomic mass is 9.41. The summed E-state index contributed by atoms with van der Waals surface area (Å²) >= 11 is 0. The molecule has 0 aliphatic heterocycles. The van der Waals surface area contributed by atoms with Crippen LogP contribution < -0.4 is 11.1 Å². The molecular weight excluding hydrogens is 431 g/mol. The van der Waals surface area contributed by atoms with Gasteiger partial charge >= 0.3 is 0 Å². The van der Waals surface area contributed by atoms with Crippen molar-refractivity contribution in [3.05, 3.63) is 29.7 Å². The van der Waals surface area contributed by atoms with Gasteiger partial charge in [0, 0.05) is 19.3 Å². The third kappa shape index (κ3) is 3.92. The zero-order chi connectivity index (χ0) is 23.0. The van der Waals surface area contributed by atoms with Crippen LogP contribution in [-0.4, -0.2) is 32.1 Å². The Balaban J connectivity index is 1.16. The first-order valence-electron chi connectivity index (χ1n) is 12.1. The number of hydrogen-bond donors (Lipinski definition) is 2. The largest absolute Gasteiger partial charge is 0.349 e. The number of nitrogens with one attached hydrogen (secondary N) is 1. The number of nitrogens with zero attached hydrogens (tertiary/aromatic N) is 3. The Kier molecular flexibility index (Phi) is 4.64. The molecule has 0 radical (unpaired) electrons. The fourth-order valence-corrected chi connectivity index (χ4v) is 6.42. The van der Waals surface area contributed by atoms with E-state index in [4.69, 9.17) is 5.73 Å². The lowest BCUT2D eigenvalue weighted by Gasteiger charge is -2.65. The molecule has 2 aromatic rings. The molecule has 0 spiro atoms. The average Bonchev–Trinajstić information content (AvgIpc) is 3.47. The number of carbonyl (C=O) groups excluding carboxylic acids is 1. The molecule has 9 heteroatoms. The molecule has 7 rings (SSSR count). The summed E-state index contributed by atoms with van der Waals surface area (Å²) in [6.45, 7) is 0. The van der Waals surface area contributed by atoms with Crippen LogP contribution in [-0.2, 0) is 4.79 Å². The van der Waals surface area contributed by atoms with Crippen LogP contribution in [0, 0.1) is 17.3 Å². The Labute approximate surface area is 190 Å². The Morgan fingerprint density at radius 2 is 1.85 bits per heavy atom. The van der Waals surface area contributed by atoms with Gasteiger partial charge in [0.15, 0.2) is 5.65 Å². The van der Waals surface area contributed by atoms with Gasteiger partial charge < -0.3 is 11.1 Å². The summed E-state index contributed by atoms with van der Waals surface area (Å²) in [6.07, 6.45) is 8.10. The lowest BCUT2D eigenvalue weighted by molar-refractivity contribution is -0.215. The molecule has 178 valence electrons. The Bertz CT molecular complexity index is 1070. The van der Waals surface area contributed by atoms with Crippen molar-refractivity contribution in [2.75, 3.05) is 0 Å². The number of aromatic nitrogens is 3. The standard InChI is InChI=1S/C24H30F3N5O/c25-23-11-22(12-23,13-23)8-19(33)31-21(15-1-2-15)16-7-18-30-17(10-32(18)29-9-16)20(28)14-3-5-24(26,27)6-4-14/h7,9-10,14-15,20-21H,1-6,8,11-13,28H2,(H,31,33)/t20-,21+,22-,23+/m0/s1. The number of alkyl halides is 3. The van der Waals surface area contributed by atoms with E-state index in [1.165, 1.54) is 0 Å². The number of halogens is 3. The summed E-state index contributed by atoms with van der Waals surface area (Å²) in [4.78, 5) is 17.4. The van der Waals surface area contributed by atoms with Gasteiger partial charge in [-0.05, 0) is 73.8 Å². The molecule has 0 unspecified atom stereocenters. The van der Waals surface area contributed by atoms with E-state index in [0.717, 1.165) is 18.4 Å². The first kappa shape index (κ1) is 21.4. The normalized spacial score (nSPS) is 32.6. The number of carbonyl (C=O) groups is 1. The molecule has 2 bridgehead atoms. The van der Waals surface area contributed by atoms with Crippen molar-refractivity contribution in [3.63, 3.8) is 0 Å². The zero-order valence-electron chi connectivity index (χ0n) is 18.6. The van der Waals surface area contributed by atoms with E-state index in [1.807, 2.05) is 6.07 Å². The second-order valence-electron chi connectivity index (χ2n) is 11.2. The molecule has 2 aromatic heterocycles. The van der Waals surface area contributed by atoms with E-state index in [9.17, 15) is 18.0 Å². The van der Waals surface area contributed by atoms with Crippen molar-refractivity contribution in [3.8, 4) is 0 Å². The lowest BCUT2D eigenvalue weighted by Crippen LogP contribution is -2.65. The molecule has 2 atom stereocenters. The monoisotopic (exact) mass is 461 g/mol. The minimum absolute atomic E-state index is 0.0197. The Morgan fingerprint density at radius 1 is 1.15 bits per heavy atom. The van der Waals surface area contributed by atoms with Gasteiger partial charge in [0.2, 0.25) is 11.8 Å². The van der Waals surface area contributed by atoms with E-state index in [-0.39, 0.29) is 36.1 Å². The maximum absolute atomic E-state index is 13.8. The Hall–Kier alpha value is -2.16. The quantitative estimate of drug-likeness (QED) is 0.640. The fraction of sp³-hybridized carbons (Fsp3) is 0.708. The maximum Gasteiger partial charge on any atom is 0.248 e. The number of fused-ring (bicyclic) bond motifs is 1. The number of rotatable bonds is 7. The summed E-state index contributed by atoms with van der Waals surface area (Å²) < 4.78 is 42.5. The zero-order valence-corrected chi connectivity index (χ0v) is 18.6. The third-order valence-corrected chi connectivity index (χ3v) is 8.35. The summed E-state index contributed by atoms with van der Waals surface area (Å²) in [7, 11) is 0. The van der Waals surface area contributed by atoms with Crippen LogP contribution in [0.3, 0.4) is 0 Å². The number of imidazole rings is 1. The van der Waals surface area contributed by atoms with Crippen LogP contribution in [0.15, 0.2) is 18.5 Å². The van der Waals surface area contributed by atoms with Gasteiger partial charge in [-0.15, -0.1) is 0 Å². The fourth-order valence-electron chi connectivity index (χ4n) is 6.42. The predicted molar refractivity (Wildman–Crippen MR) is 115 cm³/mol. The van der Waals surface area contributed by atoms with Crippen LogP contribution in [0.25, 0.3) is 5.65 Å². The molecule has 5 saturated carbocycles. The molecule has 6 nitrogen and oxygen atoms in total. The van der Waals surface area contributed by atoms with Crippen molar-refractivity contribution in [2.45, 2.75) is 87.9 Å². The molecule has 5 aliphatic rings. The second-order valence-corrected chi connectivity index (χ2v) is 11.2. The topological polar surface area (TPSA) is 85.3 Å². The summed E-state index contributed by atoms with van der Waals surface area (Å²) in [6, 6.07) is 1.40. The van der Waals surface area contributed by atoms with Gasteiger partial charge in [-0.1, -0.05) is 0 Å². The minimum atomic E-state index is -2.58. The van der Waals surface area contributed by atoms with Crippen molar-refractivity contribution >= 4 is 11.6 Å². The first-order valence-corrected chi connectivity index (χ1v) is 12.1. The summed E-state index contributed by atoms with van der Waals surface area (Å²) in [5, 5.41) is 7.66. The van der Waals surface area contributed by atoms with Gasteiger partial charge in [0.05, 0.1) is 30.2 Å². The van der Waals surface area contributed by atoms with E-state index in [1.54, 1.807) is 16.9 Å². The molecule has 5 fully saturated rings. The molecule has 1 amide bonds. The SMILES string of the molecule is N[C@H](c1cn2ncc([C@H](NC(=O)C[C@]34C[C@@](F)(C3)C4)C3CC3)cc2n1)C1CCC(F)(F)CC1. The van der Waals surface area contributed by atoms with Crippen molar-refractivity contribution in [2.24, 2.45) is 23.0 Å². The van der Waals surface area contributed by atoms with Gasteiger partial charge in [-0.3, -0.25) is 4.79 Å². The third-order valence-electron chi connectivity index (χ3n) is 8.35. The molecule has 5 aliphatic carbocycles. The minimum Gasteiger partial charge on any atom is -0.349 e. The van der Waals surface area contributed by atoms with Gasteiger partial charge in [-0.2, -0.15) is 5.10 Å². The highest BCUT2D eigenvalue weighted by Gasteiger charge is 2.69. The smallest absolute Gasteiger partial charge is 0.248 e. The Morgan fingerprint density at radius 3 is 2.48 bits per heavy atom. The van der Waals surface area contributed by atoms with E-state index in [0.29, 0.717) is 55.8 Å². The van der Waals surface area contributed by atoms with Crippen LogP contribution in [0.2, 0.25) is 0 Å². The van der Waals surface area contributed by atoms with Crippen LogP contribution >= 0.6 is 0 Å². The molecule has 33 heavy (non-hydrogen) atoms. The van der Waals surface area contributed by atoms with Gasteiger partial charge in [0.25, 0.3) is 0 Å². The van der Waals surface area contributed by atoms with E-state index < -0.39 is 17.6 Å². The van der Waals surface area contributed by atoms with E-state index in [2.05, 4.69) is 15.4 Å². The predicted octanol–water partition coefficient (Wildman–Crippen LogP) is 4.40. The summed E-state index contributed by atoms with van der Waals surface area (Å²) in [5.74, 6) is -2.25. The molecular formula is C24H30F3N5O. The van der Waals surface area contributed by atoms with Crippen LogP contribution in [0.4, 0.5) is 13.2 Å². The number of nitrogens with two attached hydrogens (primary N) is 1. The first-order chi connectivity index (χ1) is 15.6. The van der Waals surface area contributed by atoms with Crippen LogP contribution in [0.1, 0.15) is 87.5 Å². The van der Waals surface area contributed by atoms with Crippen molar-refractivity contribution < 1.29 is 18.0 Å². The molecule has 3 N–H and O–H groups in total. The maximum atomic E-state index is 13.8. The highest BCUT2D eigenvalue weighted by atomic mass is 19.3. The van der Waals surface area contributed by atoms with Crippen molar-refractivity contribution in [1.82, 2.24) is 19.9 Å². The highest BCUT2D eigenvalue weighted by Crippen LogP contribution is 2.71. The average molecular weight is 462 g/mol. The molecule has 0 aromatic carbocycles. The van der Waals surface area contributed by atoms with Gasteiger partial charge in [0.1, 0.15) is 5.67 Å². The summed E-state index contributed by atoms with van der Waals surface area (Å²) in [5.41, 5.74) is 7.49. The number of amides is 1. The van der Waals surface area contributed by atoms with E-state index >= 15 is 0 Å². The second kappa shape index (κ2) is 7.17. The molecule has 0 saturated heterocycles. The van der Waals surface area contributed by atoms with Crippen molar-refractivity contribution in [1.29, 1.82) is 0 Å².